The number of rotatable bonds is 7. The molecule has 124 valence electrons. The smallest absolute Gasteiger partial charge is 0.228 e. The lowest BCUT2D eigenvalue weighted by Gasteiger charge is -2.12. The molecule has 23 heavy (non-hydrogen) atoms. The average molecular weight is 335 g/mol. The second-order valence-corrected chi connectivity index (χ2v) is 6.59. The van der Waals surface area contributed by atoms with Crippen LogP contribution in [0.5, 0.6) is 0 Å². The van der Waals surface area contributed by atoms with Crippen molar-refractivity contribution >= 4 is 23.5 Å². The molecule has 0 spiro atoms. The zero-order valence-corrected chi connectivity index (χ0v) is 14.7. The van der Waals surface area contributed by atoms with Gasteiger partial charge in [0, 0.05) is 13.1 Å². The van der Waals surface area contributed by atoms with Gasteiger partial charge in [-0.15, -0.1) is 0 Å². The number of nitrogens with zero attached hydrogens (tertiary/aromatic N) is 4. The van der Waals surface area contributed by atoms with Crippen molar-refractivity contribution in [1.82, 2.24) is 19.9 Å². The molecule has 2 heterocycles. The Morgan fingerprint density at radius 3 is 1.91 bits per heavy atom. The number of hydrogen-bond acceptors (Lipinski definition) is 6. The Labute approximate surface area is 142 Å². The lowest BCUT2D eigenvalue weighted by molar-refractivity contribution is 0.679. The van der Waals surface area contributed by atoms with Crippen LogP contribution in [-0.2, 0) is 0 Å². The number of nitrogens with one attached hydrogen (secondary N) is 2. The predicted molar refractivity (Wildman–Crippen MR) is 94.7 cm³/mol. The van der Waals surface area contributed by atoms with E-state index in [1.165, 1.54) is 0 Å². The second kappa shape index (κ2) is 8.06. The molecule has 2 N–H and O–H groups in total. The van der Waals surface area contributed by atoms with Crippen LogP contribution in [0.1, 0.15) is 27.7 Å². The largest absolute Gasteiger partial charge is 0.354 e. The normalized spacial score (nSPS) is 11.1. The Morgan fingerprint density at radius 1 is 0.870 bits per heavy atom. The highest BCUT2D eigenvalue weighted by Gasteiger charge is 2.10. The topological polar surface area (TPSA) is 75.6 Å². The molecule has 0 aromatic carbocycles. The van der Waals surface area contributed by atoms with E-state index < -0.39 is 0 Å². The highest BCUT2D eigenvalue weighted by molar-refractivity contribution is 6.29. The van der Waals surface area contributed by atoms with Crippen molar-refractivity contribution in [1.29, 1.82) is 0 Å². The summed E-state index contributed by atoms with van der Waals surface area (Å²) < 4.78 is 0. The second-order valence-electron chi connectivity index (χ2n) is 6.20. The van der Waals surface area contributed by atoms with Crippen molar-refractivity contribution in [2.45, 2.75) is 27.7 Å². The summed E-state index contributed by atoms with van der Waals surface area (Å²) in [7, 11) is 0. The van der Waals surface area contributed by atoms with Crippen LogP contribution in [0, 0.1) is 11.8 Å². The minimum Gasteiger partial charge on any atom is -0.354 e. The molecule has 0 radical (unpaired) electrons. The Hall–Kier alpha value is -1.95. The summed E-state index contributed by atoms with van der Waals surface area (Å²) in [5.74, 6) is 2.56. The van der Waals surface area contributed by atoms with Crippen molar-refractivity contribution in [3.8, 4) is 11.5 Å². The Balaban J connectivity index is 2.31. The summed E-state index contributed by atoms with van der Waals surface area (Å²) in [4.78, 5) is 17.6. The summed E-state index contributed by atoms with van der Waals surface area (Å²) in [6.45, 7) is 10.1. The predicted octanol–water partition coefficient (Wildman–Crippen LogP) is 3.72. The average Bonchev–Trinajstić information content (AvgIpc) is 2.51. The fourth-order valence-corrected chi connectivity index (χ4v) is 1.94. The zero-order chi connectivity index (χ0) is 16.8. The molecule has 0 saturated carbocycles. The van der Waals surface area contributed by atoms with Crippen LogP contribution in [-0.4, -0.2) is 33.0 Å². The van der Waals surface area contributed by atoms with Crippen LogP contribution in [0.3, 0.4) is 0 Å². The molecule has 0 aliphatic carbocycles. The van der Waals surface area contributed by atoms with E-state index in [-0.39, 0.29) is 0 Å². The Kier molecular flexibility index (Phi) is 6.10. The first-order valence-corrected chi connectivity index (χ1v) is 8.18. The maximum absolute atomic E-state index is 5.97. The molecule has 2 aromatic rings. The van der Waals surface area contributed by atoms with Crippen LogP contribution in [0.2, 0.25) is 5.15 Å². The number of anilines is 2. The molecule has 0 fully saturated rings. The van der Waals surface area contributed by atoms with E-state index in [0.29, 0.717) is 40.4 Å². The first-order valence-electron chi connectivity index (χ1n) is 7.80. The monoisotopic (exact) mass is 334 g/mol. The Bertz CT molecular complexity index is 614. The quantitative estimate of drug-likeness (QED) is 0.751. The van der Waals surface area contributed by atoms with E-state index in [1.807, 2.05) is 12.1 Å². The molecule has 0 aliphatic heterocycles. The maximum Gasteiger partial charge on any atom is 0.228 e. The molecule has 0 amide bonds. The molecule has 7 heteroatoms. The standard InChI is InChI=1S/C16H23ClN6/c1-10(2)8-18-15-21-14(12-6-5-7-13(17)20-12)22-16(23-15)19-9-11(3)4/h5-7,10-11H,8-9H2,1-4H3,(H2,18,19,21,22,23). The van der Waals surface area contributed by atoms with Crippen LogP contribution < -0.4 is 10.6 Å². The third-order valence-corrected chi connectivity index (χ3v) is 3.13. The SMILES string of the molecule is CC(C)CNc1nc(NCC(C)C)nc(-c2cccc(Cl)n2)n1. The van der Waals surface area contributed by atoms with Crippen molar-refractivity contribution in [2.24, 2.45) is 11.8 Å². The summed E-state index contributed by atoms with van der Waals surface area (Å²) in [6, 6.07) is 5.39. The van der Waals surface area contributed by atoms with Gasteiger partial charge in [-0.05, 0) is 24.0 Å². The van der Waals surface area contributed by atoms with Gasteiger partial charge in [0.1, 0.15) is 10.8 Å². The van der Waals surface area contributed by atoms with Crippen molar-refractivity contribution in [3.05, 3.63) is 23.4 Å². The van der Waals surface area contributed by atoms with Crippen LogP contribution in [0.25, 0.3) is 11.5 Å². The summed E-state index contributed by atoms with van der Waals surface area (Å²) in [5, 5.41) is 6.88. The van der Waals surface area contributed by atoms with Gasteiger partial charge in [-0.1, -0.05) is 45.4 Å². The first-order chi connectivity index (χ1) is 10.9. The highest BCUT2D eigenvalue weighted by atomic mass is 35.5. The summed E-state index contributed by atoms with van der Waals surface area (Å²) in [6.07, 6.45) is 0. The van der Waals surface area contributed by atoms with E-state index in [1.54, 1.807) is 6.07 Å². The fraction of sp³-hybridized carbons (Fsp3) is 0.500. The highest BCUT2D eigenvalue weighted by Crippen LogP contribution is 2.18. The lowest BCUT2D eigenvalue weighted by atomic mass is 10.2. The van der Waals surface area contributed by atoms with Gasteiger partial charge in [0.05, 0.1) is 0 Å². The van der Waals surface area contributed by atoms with E-state index in [4.69, 9.17) is 11.6 Å². The molecule has 2 aromatic heterocycles. The van der Waals surface area contributed by atoms with Crippen LogP contribution in [0.4, 0.5) is 11.9 Å². The van der Waals surface area contributed by atoms with E-state index >= 15 is 0 Å². The van der Waals surface area contributed by atoms with Gasteiger partial charge in [0.2, 0.25) is 11.9 Å². The molecular weight excluding hydrogens is 312 g/mol. The fourth-order valence-electron chi connectivity index (χ4n) is 1.77. The third-order valence-electron chi connectivity index (χ3n) is 2.92. The molecule has 2 rings (SSSR count). The molecule has 0 saturated heterocycles. The van der Waals surface area contributed by atoms with E-state index in [2.05, 4.69) is 58.3 Å². The van der Waals surface area contributed by atoms with Crippen molar-refractivity contribution < 1.29 is 0 Å². The van der Waals surface area contributed by atoms with Crippen molar-refractivity contribution in [3.63, 3.8) is 0 Å². The van der Waals surface area contributed by atoms with Gasteiger partial charge < -0.3 is 10.6 Å². The maximum atomic E-state index is 5.97. The van der Waals surface area contributed by atoms with Gasteiger partial charge in [0.15, 0.2) is 5.82 Å². The van der Waals surface area contributed by atoms with Crippen LogP contribution in [0.15, 0.2) is 18.2 Å². The molecule has 0 bridgehead atoms. The minimum absolute atomic E-state index is 0.413. The number of hydrogen-bond donors (Lipinski definition) is 2. The number of pyridine rings is 1. The number of halogens is 1. The molecule has 6 nitrogen and oxygen atoms in total. The zero-order valence-electron chi connectivity index (χ0n) is 14.0. The molecule has 0 aliphatic rings. The third kappa shape index (κ3) is 5.63. The molecular formula is C16H23ClN6. The van der Waals surface area contributed by atoms with Crippen molar-refractivity contribution in [2.75, 3.05) is 23.7 Å². The van der Waals surface area contributed by atoms with Gasteiger partial charge in [-0.25, -0.2) is 4.98 Å². The van der Waals surface area contributed by atoms with Gasteiger partial charge in [0.25, 0.3) is 0 Å². The molecule has 0 atom stereocenters. The minimum atomic E-state index is 0.413. The Morgan fingerprint density at radius 2 is 1.43 bits per heavy atom. The summed E-state index contributed by atoms with van der Waals surface area (Å²) in [5.41, 5.74) is 0.625. The van der Waals surface area contributed by atoms with Gasteiger partial charge in [-0.3, -0.25) is 0 Å². The number of aromatic nitrogens is 4. The van der Waals surface area contributed by atoms with E-state index in [9.17, 15) is 0 Å². The first kappa shape index (κ1) is 17.4. The lowest BCUT2D eigenvalue weighted by Crippen LogP contribution is -2.15. The van der Waals surface area contributed by atoms with Crippen LogP contribution >= 0.6 is 11.6 Å². The summed E-state index contributed by atoms with van der Waals surface area (Å²) >= 11 is 5.97. The van der Waals surface area contributed by atoms with Gasteiger partial charge >= 0.3 is 0 Å². The van der Waals surface area contributed by atoms with E-state index in [0.717, 1.165) is 13.1 Å². The molecule has 0 unspecified atom stereocenters. The van der Waals surface area contributed by atoms with Gasteiger partial charge in [-0.2, -0.15) is 15.0 Å².